The Morgan fingerprint density at radius 3 is 2.32 bits per heavy atom. The van der Waals surface area contributed by atoms with E-state index < -0.39 is 8.32 Å². The first kappa shape index (κ1) is 19.0. The van der Waals surface area contributed by atoms with E-state index >= 15 is 0 Å². The molecule has 0 unspecified atom stereocenters. The fourth-order valence-electron chi connectivity index (χ4n) is 1.62. The summed E-state index contributed by atoms with van der Waals surface area (Å²) in [6.07, 6.45) is 2.46. The maximum Gasteiger partial charge on any atom is 0.250 e. The fraction of sp³-hybridized carbons (Fsp3) is 0.500. The largest absolute Gasteiger partial charge is 0.546 e. The molecule has 0 bridgehead atoms. The van der Waals surface area contributed by atoms with Gasteiger partial charge in [0.25, 0.3) is 0 Å². The van der Waals surface area contributed by atoms with Crippen LogP contribution in [-0.2, 0) is 9.22 Å². The van der Waals surface area contributed by atoms with E-state index in [2.05, 4.69) is 52.1 Å². The number of hydrogen-bond donors (Lipinski definition) is 0. The second kappa shape index (κ2) is 8.02. The van der Waals surface area contributed by atoms with E-state index in [9.17, 15) is 4.79 Å². The average Bonchev–Trinajstić information content (AvgIpc) is 2.37. The first-order valence-electron chi connectivity index (χ1n) is 7.67. The van der Waals surface area contributed by atoms with Gasteiger partial charge in [-0.15, -0.1) is 11.8 Å². The van der Waals surface area contributed by atoms with Gasteiger partial charge in [0.15, 0.2) is 0 Å². The van der Waals surface area contributed by atoms with Gasteiger partial charge in [0.05, 0.1) is 12.2 Å². The quantitative estimate of drug-likeness (QED) is 0.365. The summed E-state index contributed by atoms with van der Waals surface area (Å²) in [6.45, 7) is 12.7. The second-order valence-corrected chi connectivity index (χ2v) is 12.9. The van der Waals surface area contributed by atoms with Gasteiger partial charge in [-0.3, -0.25) is 4.79 Å². The number of allylic oxidation sites excluding steroid dienone is 1. The summed E-state index contributed by atoms with van der Waals surface area (Å²) in [5.74, 6) is 1.80. The fourth-order valence-corrected chi connectivity index (χ4v) is 3.55. The topological polar surface area (TPSA) is 26.3 Å². The lowest BCUT2D eigenvalue weighted by molar-refractivity contribution is -0.116. The molecule has 22 heavy (non-hydrogen) atoms. The average molecular weight is 337 g/mol. The number of ketones is 1. The molecule has 0 atom stereocenters. The van der Waals surface area contributed by atoms with E-state index in [0.717, 1.165) is 11.5 Å². The van der Waals surface area contributed by atoms with Crippen LogP contribution in [0.4, 0.5) is 0 Å². The lowest BCUT2D eigenvalue weighted by Gasteiger charge is -2.37. The molecule has 0 aliphatic carbocycles. The Hall–Kier alpha value is -1.00. The van der Waals surface area contributed by atoms with E-state index in [-0.39, 0.29) is 10.8 Å². The molecule has 0 aliphatic rings. The van der Waals surface area contributed by atoms with Crippen LogP contribution in [0.15, 0.2) is 47.1 Å². The maximum absolute atomic E-state index is 11.5. The van der Waals surface area contributed by atoms with Crippen LogP contribution in [-0.4, -0.2) is 19.9 Å². The van der Waals surface area contributed by atoms with Gasteiger partial charge >= 0.3 is 0 Å². The van der Waals surface area contributed by atoms with E-state index in [1.165, 1.54) is 4.90 Å². The predicted molar refractivity (Wildman–Crippen MR) is 98.8 cm³/mol. The van der Waals surface area contributed by atoms with E-state index in [4.69, 9.17) is 4.43 Å². The van der Waals surface area contributed by atoms with Crippen molar-refractivity contribution in [3.05, 3.63) is 42.2 Å². The molecule has 0 saturated carbocycles. The maximum atomic E-state index is 11.5. The molecule has 0 aromatic heterocycles. The molecule has 0 amide bonds. The highest BCUT2D eigenvalue weighted by molar-refractivity contribution is 7.99. The molecule has 0 fully saturated rings. The lowest BCUT2D eigenvalue weighted by Crippen LogP contribution is -2.40. The standard InChI is InChI=1S/C18H28O2SSi/c1-15(19)14-16(20-22(5,6)18(2,3)4)12-13-21-17-10-8-7-9-11-17/h7-12H,13-14H2,1-6H3/b16-12-. The van der Waals surface area contributed by atoms with Gasteiger partial charge in [0.1, 0.15) is 5.78 Å². The predicted octanol–water partition coefficient (Wildman–Crippen LogP) is 5.66. The van der Waals surface area contributed by atoms with Gasteiger partial charge in [0, 0.05) is 10.6 Å². The summed E-state index contributed by atoms with van der Waals surface area (Å²) >= 11 is 1.76. The van der Waals surface area contributed by atoms with Crippen molar-refractivity contribution in [2.45, 2.75) is 57.1 Å². The zero-order valence-corrected chi connectivity index (χ0v) is 16.4. The molecule has 1 aromatic rings. The Balaban J connectivity index is 2.75. The highest BCUT2D eigenvalue weighted by Crippen LogP contribution is 2.38. The van der Waals surface area contributed by atoms with Crippen LogP contribution in [0, 0.1) is 0 Å². The molecule has 0 radical (unpaired) electrons. The van der Waals surface area contributed by atoms with E-state index in [1.807, 2.05) is 18.2 Å². The van der Waals surface area contributed by atoms with E-state index in [1.54, 1.807) is 18.7 Å². The van der Waals surface area contributed by atoms with Crippen molar-refractivity contribution in [2.75, 3.05) is 5.75 Å². The van der Waals surface area contributed by atoms with Crippen molar-refractivity contribution in [3.63, 3.8) is 0 Å². The van der Waals surface area contributed by atoms with Gasteiger partial charge in [-0.25, -0.2) is 0 Å². The van der Waals surface area contributed by atoms with Crippen LogP contribution in [0.25, 0.3) is 0 Å². The van der Waals surface area contributed by atoms with Crippen molar-refractivity contribution in [2.24, 2.45) is 0 Å². The van der Waals surface area contributed by atoms with Crippen LogP contribution in [0.5, 0.6) is 0 Å². The van der Waals surface area contributed by atoms with E-state index in [0.29, 0.717) is 6.42 Å². The summed E-state index contributed by atoms with van der Waals surface area (Å²) in [4.78, 5) is 12.7. The monoisotopic (exact) mass is 336 g/mol. The normalized spacial score (nSPS) is 13.1. The van der Waals surface area contributed by atoms with Gasteiger partial charge in [-0.05, 0) is 43.3 Å². The van der Waals surface area contributed by atoms with Gasteiger partial charge in [-0.2, -0.15) is 0 Å². The van der Waals surface area contributed by atoms with Crippen LogP contribution in [0.3, 0.4) is 0 Å². The Morgan fingerprint density at radius 1 is 1.23 bits per heavy atom. The Bertz CT molecular complexity index is 516. The van der Waals surface area contributed by atoms with Crippen molar-refractivity contribution in [3.8, 4) is 0 Å². The first-order chi connectivity index (χ1) is 10.1. The Kier molecular flexibility index (Phi) is 6.94. The molecule has 0 aliphatic heterocycles. The molecule has 122 valence electrons. The van der Waals surface area contributed by atoms with Crippen molar-refractivity contribution >= 4 is 25.9 Å². The third-order valence-electron chi connectivity index (χ3n) is 3.92. The van der Waals surface area contributed by atoms with Crippen molar-refractivity contribution < 1.29 is 9.22 Å². The van der Waals surface area contributed by atoms with Gasteiger partial charge < -0.3 is 4.43 Å². The lowest BCUT2D eigenvalue weighted by atomic mass is 10.2. The van der Waals surface area contributed by atoms with Crippen LogP contribution in [0.1, 0.15) is 34.1 Å². The number of rotatable bonds is 7. The zero-order chi connectivity index (χ0) is 16.8. The molecule has 0 saturated heterocycles. The molecule has 4 heteroatoms. The van der Waals surface area contributed by atoms with Crippen molar-refractivity contribution in [1.29, 1.82) is 0 Å². The molecular formula is C18H28O2SSi. The molecule has 0 N–H and O–H groups in total. The van der Waals surface area contributed by atoms with Gasteiger partial charge in [-0.1, -0.05) is 39.0 Å². The summed E-state index contributed by atoms with van der Waals surface area (Å²) in [5, 5.41) is 0.134. The molecule has 1 aromatic carbocycles. The number of Topliss-reactive ketones (excluding diaryl/α,β-unsaturated/α-hetero) is 1. The highest BCUT2D eigenvalue weighted by atomic mass is 32.2. The Labute approximate surface area is 140 Å². The molecule has 0 heterocycles. The number of carbonyl (C=O) groups excluding carboxylic acids is 1. The number of thioether (sulfide) groups is 1. The number of benzene rings is 1. The van der Waals surface area contributed by atoms with Crippen molar-refractivity contribution in [1.82, 2.24) is 0 Å². The minimum Gasteiger partial charge on any atom is -0.546 e. The van der Waals surface area contributed by atoms with Crippen LogP contribution < -0.4 is 0 Å². The second-order valence-electron chi connectivity index (χ2n) is 7.04. The number of carbonyl (C=O) groups is 1. The van der Waals surface area contributed by atoms with Crippen LogP contribution in [0.2, 0.25) is 18.1 Å². The molecular weight excluding hydrogens is 308 g/mol. The molecule has 1 rings (SSSR count). The molecule has 2 nitrogen and oxygen atoms in total. The molecule has 0 spiro atoms. The minimum atomic E-state index is -1.89. The SMILES string of the molecule is CC(=O)C/C(=C/CSc1ccccc1)O[Si](C)(C)C(C)(C)C. The number of hydrogen-bond acceptors (Lipinski definition) is 3. The summed E-state index contributed by atoms with van der Waals surface area (Å²) < 4.78 is 6.32. The minimum absolute atomic E-state index is 0.134. The summed E-state index contributed by atoms with van der Waals surface area (Å²) in [5.41, 5.74) is 0. The summed E-state index contributed by atoms with van der Waals surface area (Å²) in [7, 11) is -1.89. The third-order valence-corrected chi connectivity index (χ3v) is 9.24. The Morgan fingerprint density at radius 2 is 1.82 bits per heavy atom. The highest BCUT2D eigenvalue weighted by Gasteiger charge is 2.39. The third kappa shape index (κ3) is 6.40. The first-order valence-corrected chi connectivity index (χ1v) is 11.6. The summed E-state index contributed by atoms with van der Waals surface area (Å²) in [6, 6.07) is 10.3. The smallest absolute Gasteiger partial charge is 0.250 e. The van der Waals surface area contributed by atoms with Crippen LogP contribution >= 0.6 is 11.8 Å². The zero-order valence-electron chi connectivity index (χ0n) is 14.6. The van der Waals surface area contributed by atoms with Gasteiger partial charge in [0.2, 0.25) is 8.32 Å².